The predicted molar refractivity (Wildman–Crippen MR) is 94.4 cm³/mol. The van der Waals surface area contributed by atoms with Gasteiger partial charge < -0.3 is 5.32 Å². The van der Waals surface area contributed by atoms with Crippen molar-refractivity contribution in [2.45, 2.75) is 12.8 Å². The molecule has 3 rings (SSSR count). The summed E-state index contributed by atoms with van der Waals surface area (Å²) in [6.45, 7) is 0. The summed E-state index contributed by atoms with van der Waals surface area (Å²) in [4.78, 5) is 12.3. The lowest BCUT2D eigenvalue weighted by Gasteiger charge is -2.11. The molecule has 120 valence electrons. The van der Waals surface area contributed by atoms with Crippen LogP contribution in [0, 0.1) is 5.82 Å². The first-order valence-corrected chi connectivity index (χ1v) is 7.87. The number of carbonyl (C=O) groups is 1. The van der Waals surface area contributed by atoms with Gasteiger partial charge in [-0.25, -0.2) is 4.39 Å². The van der Waals surface area contributed by atoms with Crippen molar-refractivity contribution in [3.05, 3.63) is 101 Å². The Hall–Kier alpha value is -2.94. The van der Waals surface area contributed by atoms with Crippen LogP contribution in [0.3, 0.4) is 0 Å². The van der Waals surface area contributed by atoms with Crippen LogP contribution in [-0.2, 0) is 17.6 Å². The van der Waals surface area contributed by atoms with Gasteiger partial charge in [-0.2, -0.15) is 0 Å². The summed E-state index contributed by atoms with van der Waals surface area (Å²) in [6, 6.07) is 24.0. The predicted octanol–water partition coefficient (Wildman–Crippen LogP) is 4.60. The quantitative estimate of drug-likeness (QED) is 0.732. The summed E-state index contributed by atoms with van der Waals surface area (Å²) in [5.41, 5.74) is 3.69. The summed E-state index contributed by atoms with van der Waals surface area (Å²) in [6.07, 6.45) is 0.898. The van der Waals surface area contributed by atoms with E-state index in [1.54, 1.807) is 12.1 Å². The molecule has 3 heteroatoms. The van der Waals surface area contributed by atoms with E-state index in [2.05, 4.69) is 17.4 Å². The maximum absolute atomic E-state index is 13.2. The van der Waals surface area contributed by atoms with Gasteiger partial charge in [-0.05, 0) is 41.3 Å². The van der Waals surface area contributed by atoms with Gasteiger partial charge in [0.05, 0.1) is 6.42 Å². The van der Waals surface area contributed by atoms with Gasteiger partial charge in [0.2, 0.25) is 5.91 Å². The molecule has 0 bridgehead atoms. The third-order valence-corrected chi connectivity index (χ3v) is 3.78. The van der Waals surface area contributed by atoms with Crippen molar-refractivity contribution in [2.75, 3.05) is 5.32 Å². The average Bonchev–Trinajstić information content (AvgIpc) is 2.57. The summed E-state index contributed by atoms with van der Waals surface area (Å²) in [5.74, 6) is -0.481. The van der Waals surface area contributed by atoms with Crippen LogP contribution in [0.4, 0.5) is 10.1 Å². The molecule has 0 heterocycles. The van der Waals surface area contributed by atoms with E-state index in [1.165, 1.54) is 17.7 Å². The fourth-order valence-corrected chi connectivity index (χ4v) is 2.64. The second-order valence-corrected chi connectivity index (χ2v) is 5.67. The highest BCUT2D eigenvalue weighted by Gasteiger charge is 2.08. The Bertz CT molecular complexity index is 830. The van der Waals surface area contributed by atoms with Gasteiger partial charge in [-0.15, -0.1) is 0 Å². The molecule has 1 amide bonds. The van der Waals surface area contributed by atoms with Crippen LogP contribution in [0.2, 0.25) is 0 Å². The van der Waals surface area contributed by atoms with Crippen LogP contribution in [0.15, 0.2) is 78.9 Å². The lowest BCUT2D eigenvalue weighted by molar-refractivity contribution is -0.115. The summed E-state index contributed by atoms with van der Waals surface area (Å²) >= 11 is 0. The molecule has 0 saturated heterocycles. The number of anilines is 1. The van der Waals surface area contributed by atoms with E-state index in [-0.39, 0.29) is 18.1 Å². The maximum atomic E-state index is 13.2. The third kappa shape index (κ3) is 4.29. The smallest absolute Gasteiger partial charge is 0.228 e. The van der Waals surface area contributed by atoms with Gasteiger partial charge in [-0.1, -0.05) is 60.7 Å². The molecule has 24 heavy (non-hydrogen) atoms. The molecule has 2 nitrogen and oxygen atoms in total. The minimum absolute atomic E-state index is 0.150. The summed E-state index contributed by atoms with van der Waals surface area (Å²) in [5, 5.41) is 2.94. The number of halogens is 1. The zero-order valence-corrected chi connectivity index (χ0v) is 13.2. The Labute approximate surface area is 141 Å². The Kier molecular flexibility index (Phi) is 5.02. The Balaban J connectivity index is 1.72. The number of nitrogens with one attached hydrogen (secondary N) is 1. The van der Waals surface area contributed by atoms with E-state index in [0.29, 0.717) is 5.56 Å². The summed E-state index contributed by atoms with van der Waals surface area (Å²) < 4.78 is 13.2. The van der Waals surface area contributed by atoms with E-state index in [1.807, 2.05) is 42.5 Å². The standard InChI is InChI=1S/C21H18FNO/c22-19-11-6-9-17(14-19)15-21(24)23-20-12-5-4-10-18(20)13-16-7-2-1-3-8-16/h1-12,14H,13,15H2,(H,23,24). The second-order valence-electron chi connectivity index (χ2n) is 5.67. The van der Waals surface area contributed by atoms with Gasteiger partial charge in [0.15, 0.2) is 0 Å². The molecule has 0 spiro atoms. The average molecular weight is 319 g/mol. The Morgan fingerprint density at radius 2 is 1.54 bits per heavy atom. The number of amides is 1. The van der Waals surface area contributed by atoms with Crippen molar-refractivity contribution in [3.8, 4) is 0 Å². The highest BCUT2D eigenvalue weighted by atomic mass is 19.1. The van der Waals surface area contributed by atoms with Gasteiger partial charge >= 0.3 is 0 Å². The van der Waals surface area contributed by atoms with Crippen molar-refractivity contribution in [2.24, 2.45) is 0 Å². The van der Waals surface area contributed by atoms with Gasteiger partial charge in [0.25, 0.3) is 0 Å². The molecule has 0 unspecified atom stereocenters. The number of para-hydroxylation sites is 1. The van der Waals surface area contributed by atoms with Gasteiger partial charge in [0, 0.05) is 5.69 Å². The molecule has 0 aromatic heterocycles. The molecular formula is C21H18FNO. The first-order chi connectivity index (χ1) is 11.7. The van der Waals surface area contributed by atoms with Crippen molar-refractivity contribution in [1.82, 2.24) is 0 Å². The molecule has 3 aromatic carbocycles. The van der Waals surface area contributed by atoms with Crippen molar-refractivity contribution in [3.63, 3.8) is 0 Å². The number of carbonyl (C=O) groups excluding carboxylic acids is 1. The van der Waals surface area contributed by atoms with Crippen LogP contribution in [0.5, 0.6) is 0 Å². The van der Waals surface area contributed by atoms with Crippen LogP contribution in [0.25, 0.3) is 0 Å². The largest absolute Gasteiger partial charge is 0.326 e. The molecule has 0 aliphatic heterocycles. The number of hydrogen-bond donors (Lipinski definition) is 1. The van der Waals surface area contributed by atoms with Crippen LogP contribution in [0.1, 0.15) is 16.7 Å². The summed E-state index contributed by atoms with van der Waals surface area (Å²) in [7, 11) is 0. The number of hydrogen-bond acceptors (Lipinski definition) is 1. The minimum atomic E-state index is -0.329. The fraction of sp³-hybridized carbons (Fsp3) is 0.0952. The molecule has 0 fully saturated rings. The maximum Gasteiger partial charge on any atom is 0.228 e. The van der Waals surface area contributed by atoms with Crippen molar-refractivity contribution in [1.29, 1.82) is 0 Å². The Morgan fingerprint density at radius 3 is 2.33 bits per heavy atom. The highest BCUT2D eigenvalue weighted by Crippen LogP contribution is 2.19. The van der Waals surface area contributed by atoms with Crippen LogP contribution in [-0.4, -0.2) is 5.91 Å². The van der Waals surface area contributed by atoms with Crippen LogP contribution < -0.4 is 5.32 Å². The molecule has 0 aliphatic rings. The second kappa shape index (κ2) is 7.55. The van der Waals surface area contributed by atoms with Crippen LogP contribution >= 0.6 is 0 Å². The SMILES string of the molecule is O=C(Cc1cccc(F)c1)Nc1ccccc1Cc1ccccc1. The molecular weight excluding hydrogens is 301 g/mol. The normalized spacial score (nSPS) is 10.4. The lowest BCUT2D eigenvalue weighted by atomic mass is 10.0. The zero-order valence-electron chi connectivity index (χ0n) is 13.2. The topological polar surface area (TPSA) is 29.1 Å². The first kappa shape index (κ1) is 15.9. The van der Waals surface area contributed by atoms with E-state index >= 15 is 0 Å². The third-order valence-electron chi connectivity index (χ3n) is 3.78. The molecule has 0 saturated carbocycles. The van der Waals surface area contributed by atoms with E-state index < -0.39 is 0 Å². The van der Waals surface area contributed by atoms with E-state index in [0.717, 1.165) is 17.7 Å². The number of rotatable bonds is 5. The van der Waals surface area contributed by atoms with Crippen molar-refractivity contribution >= 4 is 11.6 Å². The van der Waals surface area contributed by atoms with E-state index in [4.69, 9.17) is 0 Å². The molecule has 0 aliphatic carbocycles. The number of benzene rings is 3. The Morgan fingerprint density at radius 1 is 0.833 bits per heavy atom. The lowest BCUT2D eigenvalue weighted by Crippen LogP contribution is -2.15. The first-order valence-electron chi connectivity index (χ1n) is 7.87. The van der Waals surface area contributed by atoms with Gasteiger partial charge in [-0.3, -0.25) is 4.79 Å². The van der Waals surface area contributed by atoms with Gasteiger partial charge in [0.1, 0.15) is 5.82 Å². The zero-order chi connectivity index (χ0) is 16.8. The molecule has 1 N–H and O–H groups in total. The van der Waals surface area contributed by atoms with E-state index in [9.17, 15) is 9.18 Å². The molecule has 3 aromatic rings. The molecule has 0 atom stereocenters. The molecule has 0 radical (unpaired) electrons. The highest BCUT2D eigenvalue weighted by molar-refractivity contribution is 5.93. The minimum Gasteiger partial charge on any atom is -0.326 e. The fourth-order valence-electron chi connectivity index (χ4n) is 2.64. The van der Waals surface area contributed by atoms with Crippen molar-refractivity contribution < 1.29 is 9.18 Å². The monoisotopic (exact) mass is 319 g/mol.